The molecule has 0 bridgehead atoms. The fourth-order valence-electron chi connectivity index (χ4n) is 1.90. The molecule has 0 fully saturated rings. The van der Waals surface area contributed by atoms with Gasteiger partial charge < -0.3 is 20.4 Å². The number of alkyl carbamates (subject to hydrolysis) is 1. The van der Waals surface area contributed by atoms with Crippen LogP contribution in [0.5, 0.6) is 0 Å². The van der Waals surface area contributed by atoms with E-state index in [2.05, 4.69) is 41.4 Å². The van der Waals surface area contributed by atoms with Crippen LogP contribution in [0.3, 0.4) is 0 Å². The van der Waals surface area contributed by atoms with Crippen LogP contribution in [-0.2, 0) is 11.3 Å². The lowest BCUT2D eigenvalue weighted by Gasteiger charge is -2.35. The lowest BCUT2D eigenvalue weighted by molar-refractivity contribution is 0.0503. The number of carbonyl (C=O) groups excluding carboxylic acids is 1. The zero-order valence-corrected chi connectivity index (χ0v) is 14.8. The van der Waals surface area contributed by atoms with Crippen molar-refractivity contribution in [1.82, 2.24) is 20.6 Å². The molecule has 0 saturated carbocycles. The number of aromatic amines is 1. The maximum atomic E-state index is 11.8. The summed E-state index contributed by atoms with van der Waals surface area (Å²) >= 11 is 0. The highest BCUT2D eigenvalue weighted by molar-refractivity contribution is 5.67. The number of amides is 1. The molecule has 6 heteroatoms. The average Bonchev–Trinajstić information content (AvgIpc) is 2.77. The molecule has 6 nitrogen and oxygen atoms in total. The van der Waals surface area contributed by atoms with Crippen molar-refractivity contribution in [3.05, 3.63) is 17.7 Å². The SMILES string of the molecule is Cc1ncc(CNC(C)(CNC(=O)OC(C)(C)C)C(C)C)[nH]1. The molecule has 1 amide bonds. The van der Waals surface area contributed by atoms with E-state index in [0.29, 0.717) is 19.0 Å². The molecule has 0 spiro atoms. The highest BCUT2D eigenvalue weighted by Gasteiger charge is 2.29. The molecule has 0 radical (unpaired) electrons. The molecule has 1 atom stereocenters. The number of nitrogens with one attached hydrogen (secondary N) is 3. The summed E-state index contributed by atoms with van der Waals surface area (Å²) in [5.41, 5.74) is 0.302. The van der Waals surface area contributed by atoms with Gasteiger partial charge in [-0.05, 0) is 40.5 Å². The molecule has 0 aliphatic rings. The van der Waals surface area contributed by atoms with E-state index in [1.165, 1.54) is 0 Å². The number of H-pyrrole nitrogens is 1. The quantitative estimate of drug-likeness (QED) is 0.755. The van der Waals surface area contributed by atoms with Crippen LogP contribution in [0.2, 0.25) is 0 Å². The van der Waals surface area contributed by atoms with Crippen molar-refractivity contribution in [1.29, 1.82) is 0 Å². The Balaban J connectivity index is 2.57. The van der Waals surface area contributed by atoms with Gasteiger partial charge in [0, 0.05) is 30.5 Å². The summed E-state index contributed by atoms with van der Waals surface area (Å²) in [6.45, 7) is 15.0. The van der Waals surface area contributed by atoms with Gasteiger partial charge in [-0.1, -0.05) is 13.8 Å². The van der Waals surface area contributed by atoms with E-state index in [-0.39, 0.29) is 5.54 Å². The van der Waals surface area contributed by atoms with Crippen molar-refractivity contribution in [3.63, 3.8) is 0 Å². The Morgan fingerprint density at radius 2 is 2.00 bits per heavy atom. The van der Waals surface area contributed by atoms with Gasteiger partial charge in [0.2, 0.25) is 0 Å². The first-order valence-corrected chi connectivity index (χ1v) is 7.74. The van der Waals surface area contributed by atoms with E-state index in [9.17, 15) is 4.79 Å². The van der Waals surface area contributed by atoms with Crippen LogP contribution in [0, 0.1) is 12.8 Å². The van der Waals surface area contributed by atoms with Crippen molar-refractivity contribution in [2.24, 2.45) is 5.92 Å². The van der Waals surface area contributed by atoms with Gasteiger partial charge in [-0.25, -0.2) is 9.78 Å². The van der Waals surface area contributed by atoms with Crippen LogP contribution in [0.15, 0.2) is 6.20 Å². The van der Waals surface area contributed by atoms with Gasteiger partial charge in [0.25, 0.3) is 0 Å². The van der Waals surface area contributed by atoms with E-state index >= 15 is 0 Å². The summed E-state index contributed by atoms with van der Waals surface area (Å²) in [6.07, 6.45) is 1.43. The lowest BCUT2D eigenvalue weighted by atomic mass is 9.88. The first kappa shape index (κ1) is 18.5. The normalized spacial score (nSPS) is 14.7. The Morgan fingerprint density at radius 1 is 1.36 bits per heavy atom. The van der Waals surface area contributed by atoms with Gasteiger partial charge in [0.05, 0.1) is 0 Å². The minimum atomic E-state index is -0.487. The van der Waals surface area contributed by atoms with Crippen LogP contribution in [0.1, 0.15) is 53.1 Å². The maximum Gasteiger partial charge on any atom is 0.407 e. The zero-order valence-electron chi connectivity index (χ0n) is 14.8. The first-order chi connectivity index (χ1) is 10.0. The van der Waals surface area contributed by atoms with E-state index < -0.39 is 11.7 Å². The zero-order chi connectivity index (χ0) is 17.0. The summed E-state index contributed by atoms with van der Waals surface area (Å²) < 4.78 is 5.28. The fourth-order valence-corrected chi connectivity index (χ4v) is 1.90. The summed E-state index contributed by atoms with van der Waals surface area (Å²) in [7, 11) is 0. The van der Waals surface area contributed by atoms with Gasteiger partial charge >= 0.3 is 6.09 Å². The third kappa shape index (κ3) is 6.05. The van der Waals surface area contributed by atoms with Crippen molar-refractivity contribution >= 4 is 6.09 Å². The number of nitrogens with zero attached hydrogens (tertiary/aromatic N) is 1. The Kier molecular flexibility index (Phi) is 6.00. The Hall–Kier alpha value is -1.56. The van der Waals surface area contributed by atoms with Crippen LogP contribution in [0.4, 0.5) is 4.79 Å². The molecule has 0 aromatic carbocycles. The van der Waals surface area contributed by atoms with Crippen LogP contribution >= 0.6 is 0 Å². The number of aromatic nitrogens is 2. The molecule has 1 rings (SSSR count). The van der Waals surface area contributed by atoms with E-state index in [4.69, 9.17) is 4.74 Å². The van der Waals surface area contributed by atoms with Gasteiger partial charge in [0.1, 0.15) is 11.4 Å². The topological polar surface area (TPSA) is 79.0 Å². The molecule has 126 valence electrons. The average molecular weight is 310 g/mol. The second kappa shape index (κ2) is 7.13. The molecule has 1 heterocycles. The number of hydrogen-bond donors (Lipinski definition) is 3. The minimum Gasteiger partial charge on any atom is -0.444 e. The van der Waals surface area contributed by atoms with E-state index in [1.54, 1.807) is 0 Å². The Labute approximate surface area is 133 Å². The van der Waals surface area contributed by atoms with Crippen molar-refractivity contribution < 1.29 is 9.53 Å². The van der Waals surface area contributed by atoms with Crippen molar-refractivity contribution in [3.8, 4) is 0 Å². The van der Waals surface area contributed by atoms with E-state index in [1.807, 2.05) is 33.9 Å². The second-order valence-electron chi connectivity index (χ2n) is 7.28. The molecule has 3 N–H and O–H groups in total. The summed E-state index contributed by atoms with van der Waals surface area (Å²) in [6, 6.07) is 0. The number of imidazole rings is 1. The summed E-state index contributed by atoms with van der Waals surface area (Å²) in [5, 5.41) is 6.36. The molecule has 1 aromatic heterocycles. The monoisotopic (exact) mass is 310 g/mol. The molecule has 1 aromatic rings. The van der Waals surface area contributed by atoms with Crippen LogP contribution in [-0.4, -0.2) is 33.7 Å². The molecular formula is C16H30N4O2. The highest BCUT2D eigenvalue weighted by atomic mass is 16.6. The van der Waals surface area contributed by atoms with E-state index in [0.717, 1.165) is 11.5 Å². The largest absolute Gasteiger partial charge is 0.444 e. The van der Waals surface area contributed by atoms with Crippen LogP contribution in [0.25, 0.3) is 0 Å². The van der Waals surface area contributed by atoms with Gasteiger partial charge in [-0.15, -0.1) is 0 Å². The number of aryl methyl sites for hydroxylation is 1. The third-order valence-electron chi connectivity index (χ3n) is 3.71. The molecular weight excluding hydrogens is 280 g/mol. The third-order valence-corrected chi connectivity index (χ3v) is 3.71. The number of carbonyl (C=O) groups is 1. The number of ether oxygens (including phenoxy) is 1. The van der Waals surface area contributed by atoms with Gasteiger partial charge in [0.15, 0.2) is 0 Å². The van der Waals surface area contributed by atoms with Gasteiger partial charge in [-0.3, -0.25) is 0 Å². The number of hydrogen-bond acceptors (Lipinski definition) is 4. The standard InChI is InChI=1S/C16H30N4O2/c1-11(2)16(7,10-18-14(21)22-15(4,5)6)19-9-13-8-17-12(3)20-13/h8,11,19H,9-10H2,1-7H3,(H,17,20)(H,18,21). The summed E-state index contributed by atoms with van der Waals surface area (Å²) in [4.78, 5) is 19.2. The first-order valence-electron chi connectivity index (χ1n) is 7.74. The summed E-state index contributed by atoms with van der Waals surface area (Å²) in [5.74, 6) is 1.24. The second-order valence-corrected chi connectivity index (χ2v) is 7.28. The molecule has 0 aliphatic heterocycles. The van der Waals surface area contributed by atoms with Crippen molar-refractivity contribution in [2.45, 2.75) is 66.2 Å². The van der Waals surface area contributed by atoms with Crippen molar-refractivity contribution in [2.75, 3.05) is 6.54 Å². The van der Waals surface area contributed by atoms with Crippen LogP contribution < -0.4 is 10.6 Å². The molecule has 22 heavy (non-hydrogen) atoms. The van der Waals surface area contributed by atoms with Gasteiger partial charge in [-0.2, -0.15) is 0 Å². The highest BCUT2D eigenvalue weighted by Crippen LogP contribution is 2.17. The molecule has 0 saturated heterocycles. The molecule has 1 unspecified atom stereocenters. The number of rotatable bonds is 6. The lowest BCUT2D eigenvalue weighted by Crippen LogP contribution is -2.55. The maximum absolute atomic E-state index is 11.8. The Morgan fingerprint density at radius 3 is 2.45 bits per heavy atom. The predicted molar refractivity (Wildman–Crippen MR) is 87.6 cm³/mol. The fraction of sp³-hybridized carbons (Fsp3) is 0.750. The minimum absolute atomic E-state index is 0.240. The Bertz CT molecular complexity index is 491. The predicted octanol–water partition coefficient (Wildman–Crippen LogP) is 2.75. The smallest absolute Gasteiger partial charge is 0.407 e. The molecule has 0 aliphatic carbocycles.